The van der Waals surface area contributed by atoms with Crippen LogP contribution in [0.25, 0.3) is 0 Å². The van der Waals surface area contributed by atoms with Crippen LogP contribution in [-0.2, 0) is 23.9 Å². The number of rotatable bonds is 12. The summed E-state index contributed by atoms with van der Waals surface area (Å²) < 4.78 is 10.2. The molecule has 0 spiro atoms. The number of cyclic esters (lactones) is 1. The maximum absolute atomic E-state index is 12.6. The first-order valence-electron chi connectivity index (χ1n) is 11.3. The highest BCUT2D eigenvalue weighted by molar-refractivity contribution is 5.86. The van der Waals surface area contributed by atoms with Gasteiger partial charge in [0, 0.05) is 29.9 Å². The number of hydrogen-bond acceptors (Lipinski definition) is 7. The summed E-state index contributed by atoms with van der Waals surface area (Å²) in [6.07, 6.45) is 7.09. The van der Waals surface area contributed by atoms with Crippen LogP contribution in [0.3, 0.4) is 0 Å². The van der Waals surface area contributed by atoms with Crippen LogP contribution in [0.2, 0.25) is 0 Å². The molecule has 2 heterocycles. The molecule has 0 fully saturated rings. The van der Waals surface area contributed by atoms with Gasteiger partial charge in [-0.3, -0.25) is 4.79 Å². The molecule has 0 radical (unpaired) electrons. The summed E-state index contributed by atoms with van der Waals surface area (Å²) in [4.78, 5) is 34.9. The van der Waals surface area contributed by atoms with Crippen LogP contribution < -0.4 is 0 Å². The molecule has 7 nitrogen and oxygen atoms in total. The Labute approximate surface area is 190 Å². The standard InChI is InChI=1S/C25H36O7/c1-16(10-13-21(27)25(3,4)14-6-8-17(2)26)7-5-9-18-11-12-20(31-23(18)29)19-15-22(28)32-24(19)30/h7,11,15,20,23-24,29-30H,5-6,8-10,12-14H2,1-4H3/b16-7+/t20-,23+,24-/m0/s1. The highest BCUT2D eigenvalue weighted by atomic mass is 16.6. The summed E-state index contributed by atoms with van der Waals surface area (Å²) in [6.45, 7) is 7.46. The van der Waals surface area contributed by atoms with E-state index in [0.717, 1.165) is 24.0 Å². The molecule has 7 heteroatoms. The summed E-state index contributed by atoms with van der Waals surface area (Å²) in [5, 5.41) is 20.0. The van der Waals surface area contributed by atoms with Gasteiger partial charge in [0.25, 0.3) is 0 Å². The monoisotopic (exact) mass is 448 g/mol. The molecule has 2 aliphatic rings. The molecule has 2 rings (SSSR count). The summed E-state index contributed by atoms with van der Waals surface area (Å²) in [6, 6.07) is 0. The molecule has 0 aromatic heterocycles. The van der Waals surface area contributed by atoms with Crippen molar-refractivity contribution in [1.82, 2.24) is 0 Å². The van der Waals surface area contributed by atoms with Gasteiger partial charge in [-0.05, 0) is 57.9 Å². The van der Waals surface area contributed by atoms with Crippen LogP contribution in [0, 0.1) is 5.41 Å². The number of aliphatic hydroxyl groups is 2. The lowest BCUT2D eigenvalue weighted by molar-refractivity contribution is -0.155. The molecular formula is C25H36O7. The number of hydrogen-bond donors (Lipinski definition) is 2. The zero-order valence-electron chi connectivity index (χ0n) is 19.6. The minimum absolute atomic E-state index is 0.156. The molecule has 0 aromatic rings. The Balaban J connectivity index is 1.76. The van der Waals surface area contributed by atoms with Gasteiger partial charge in [0.15, 0.2) is 6.29 Å². The molecule has 0 saturated heterocycles. The third-order valence-electron chi connectivity index (χ3n) is 6.13. The van der Waals surface area contributed by atoms with E-state index in [1.54, 1.807) is 6.92 Å². The first kappa shape index (κ1) is 26.2. The lowest BCUT2D eigenvalue weighted by Crippen LogP contribution is -2.32. The van der Waals surface area contributed by atoms with Gasteiger partial charge in [-0.1, -0.05) is 31.6 Å². The number of carbonyl (C=O) groups is 3. The zero-order chi connectivity index (χ0) is 23.9. The molecule has 0 aromatic carbocycles. The second-order valence-electron chi connectivity index (χ2n) is 9.38. The van der Waals surface area contributed by atoms with E-state index < -0.39 is 30.1 Å². The van der Waals surface area contributed by atoms with Crippen molar-refractivity contribution < 1.29 is 34.1 Å². The number of aliphatic hydroxyl groups excluding tert-OH is 2. The molecule has 2 aliphatic heterocycles. The van der Waals surface area contributed by atoms with Crippen molar-refractivity contribution in [3.05, 3.63) is 34.9 Å². The topological polar surface area (TPSA) is 110 Å². The third kappa shape index (κ3) is 7.80. The average molecular weight is 449 g/mol. The Kier molecular flexibility index (Phi) is 9.55. The van der Waals surface area contributed by atoms with Crippen molar-refractivity contribution in [1.29, 1.82) is 0 Å². The van der Waals surface area contributed by atoms with Gasteiger partial charge in [-0.25, -0.2) is 4.79 Å². The van der Waals surface area contributed by atoms with Crippen molar-refractivity contribution in [2.45, 2.75) is 97.7 Å². The minimum atomic E-state index is -1.32. The fourth-order valence-electron chi connectivity index (χ4n) is 3.92. The van der Waals surface area contributed by atoms with Gasteiger partial charge in [0.1, 0.15) is 11.6 Å². The van der Waals surface area contributed by atoms with Gasteiger partial charge in [-0.2, -0.15) is 0 Å². The molecule has 0 unspecified atom stereocenters. The van der Waals surface area contributed by atoms with Crippen molar-refractivity contribution >= 4 is 17.5 Å². The van der Waals surface area contributed by atoms with E-state index >= 15 is 0 Å². The quantitative estimate of drug-likeness (QED) is 0.346. The predicted molar refractivity (Wildman–Crippen MR) is 119 cm³/mol. The summed E-state index contributed by atoms with van der Waals surface area (Å²) in [7, 11) is 0. The lowest BCUT2D eigenvalue weighted by atomic mass is 9.80. The van der Waals surface area contributed by atoms with E-state index in [1.165, 1.54) is 6.08 Å². The molecule has 3 atom stereocenters. The molecular weight excluding hydrogens is 412 g/mol. The highest BCUT2D eigenvalue weighted by Crippen LogP contribution is 2.30. The van der Waals surface area contributed by atoms with Crippen molar-refractivity contribution in [3.63, 3.8) is 0 Å². The largest absolute Gasteiger partial charge is 0.429 e. The van der Waals surface area contributed by atoms with Crippen molar-refractivity contribution in [2.75, 3.05) is 0 Å². The molecule has 178 valence electrons. The molecule has 0 aliphatic carbocycles. The second kappa shape index (κ2) is 11.7. The Morgan fingerprint density at radius 3 is 2.47 bits per heavy atom. The average Bonchev–Trinajstić information content (AvgIpc) is 3.04. The Morgan fingerprint density at radius 2 is 1.88 bits per heavy atom. The number of carbonyl (C=O) groups excluding carboxylic acids is 3. The fourth-order valence-corrected chi connectivity index (χ4v) is 3.92. The number of esters is 1. The smallest absolute Gasteiger partial charge is 0.333 e. The van der Waals surface area contributed by atoms with Crippen LogP contribution in [0.1, 0.15) is 79.1 Å². The summed E-state index contributed by atoms with van der Waals surface area (Å²) in [5.74, 6) is -0.244. The number of allylic oxidation sites excluding steroid dienone is 2. The Hall–Kier alpha value is -2.09. The van der Waals surface area contributed by atoms with Crippen LogP contribution in [-0.4, -0.2) is 46.4 Å². The molecule has 0 amide bonds. The number of Topliss-reactive ketones (excluding diaryl/α,β-unsaturated/α-hetero) is 2. The zero-order valence-corrected chi connectivity index (χ0v) is 19.6. The van der Waals surface area contributed by atoms with Crippen LogP contribution in [0.5, 0.6) is 0 Å². The van der Waals surface area contributed by atoms with E-state index in [1.807, 2.05) is 26.8 Å². The number of ketones is 2. The molecule has 2 N–H and O–H groups in total. The third-order valence-corrected chi connectivity index (χ3v) is 6.13. The van der Waals surface area contributed by atoms with E-state index in [4.69, 9.17) is 4.74 Å². The van der Waals surface area contributed by atoms with Crippen LogP contribution in [0.15, 0.2) is 34.9 Å². The van der Waals surface area contributed by atoms with Crippen molar-refractivity contribution in [2.24, 2.45) is 5.41 Å². The Morgan fingerprint density at radius 1 is 1.16 bits per heavy atom. The normalized spacial score (nSPS) is 24.1. The summed E-state index contributed by atoms with van der Waals surface area (Å²) in [5.41, 5.74) is 1.79. The van der Waals surface area contributed by atoms with E-state index in [9.17, 15) is 24.6 Å². The van der Waals surface area contributed by atoms with Gasteiger partial charge in [0.05, 0.1) is 6.10 Å². The molecule has 0 saturated carbocycles. The summed E-state index contributed by atoms with van der Waals surface area (Å²) >= 11 is 0. The SMILES string of the molecule is CC(=O)CCCC(C)(C)C(=O)CC/C(C)=C/CCC1=CC[C@@H](C2=CC(=O)O[C@@H]2O)O[C@H]1O. The first-order chi connectivity index (χ1) is 15.0. The number of ether oxygens (including phenoxy) is 2. The maximum atomic E-state index is 12.6. The van der Waals surface area contributed by atoms with Crippen LogP contribution >= 0.6 is 0 Å². The van der Waals surface area contributed by atoms with E-state index in [2.05, 4.69) is 10.8 Å². The Bertz CT molecular complexity index is 803. The molecule has 0 bridgehead atoms. The van der Waals surface area contributed by atoms with Gasteiger partial charge >= 0.3 is 5.97 Å². The van der Waals surface area contributed by atoms with Crippen molar-refractivity contribution in [3.8, 4) is 0 Å². The first-order valence-corrected chi connectivity index (χ1v) is 11.3. The van der Waals surface area contributed by atoms with Gasteiger partial charge < -0.3 is 24.5 Å². The van der Waals surface area contributed by atoms with Gasteiger partial charge in [0.2, 0.25) is 6.29 Å². The second-order valence-corrected chi connectivity index (χ2v) is 9.38. The fraction of sp³-hybridized carbons (Fsp3) is 0.640. The van der Waals surface area contributed by atoms with Crippen LogP contribution in [0.4, 0.5) is 0 Å². The van der Waals surface area contributed by atoms with Gasteiger partial charge in [-0.15, -0.1) is 0 Å². The predicted octanol–water partition coefficient (Wildman–Crippen LogP) is 3.68. The maximum Gasteiger partial charge on any atom is 0.333 e. The minimum Gasteiger partial charge on any atom is -0.429 e. The van der Waals surface area contributed by atoms with E-state index in [-0.39, 0.29) is 11.6 Å². The molecule has 32 heavy (non-hydrogen) atoms. The van der Waals surface area contributed by atoms with E-state index in [0.29, 0.717) is 44.1 Å². The lowest BCUT2D eigenvalue weighted by Gasteiger charge is -2.28. The highest BCUT2D eigenvalue weighted by Gasteiger charge is 2.34.